The van der Waals surface area contributed by atoms with E-state index in [1.165, 1.54) is 74.9 Å². The summed E-state index contributed by atoms with van der Waals surface area (Å²) in [6, 6.07) is 7.03. The third-order valence-electron chi connectivity index (χ3n) is 6.18. The van der Waals surface area contributed by atoms with Crippen molar-refractivity contribution in [2.75, 3.05) is 33.2 Å². The number of aryl methyl sites for hydroxylation is 2. The molecule has 4 rings (SSSR count). The summed E-state index contributed by atoms with van der Waals surface area (Å²) < 4.78 is 13.3. The Kier molecular flexibility index (Phi) is 6.76. The molecule has 1 aliphatic carbocycles. The van der Waals surface area contributed by atoms with Crippen molar-refractivity contribution < 1.29 is 4.39 Å². The zero-order valence-electron chi connectivity index (χ0n) is 17.0. The van der Waals surface area contributed by atoms with Gasteiger partial charge in [-0.1, -0.05) is 12.1 Å². The predicted molar refractivity (Wildman–Crippen MR) is 114 cm³/mol. The molecule has 0 radical (unpaired) electrons. The Labute approximate surface area is 172 Å². The molecule has 28 heavy (non-hydrogen) atoms. The largest absolute Gasteiger partial charge is 0.303 e. The van der Waals surface area contributed by atoms with Gasteiger partial charge in [-0.25, -0.2) is 9.37 Å². The Morgan fingerprint density at radius 3 is 2.82 bits per heavy atom. The van der Waals surface area contributed by atoms with Crippen molar-refractivity contribution in [3.8, 4) is 0 Å². The Morgan fingerprint density at radius 1 is 1.21 bits per heavy atom. The molecule has 1 fully saturated rings. The molecule has 3 nitrogen and oxygen atoms in total. The van der Waals surface area contributed by atoms with Gasteiger partial charge in [0.15, 0.2) is 0 Å². The minimum Gasteiger partial charge on any atom is -0.303 e. The molecule has 2 aromatic rings. The summed E-state index contributed by atoms with van der Waals surface area (Å²) in [6.45, 7) is 5.54. The Morgan fingerprint density at radius 2 is 2.04 bits per heavy atom. The molecule has 0 amide bonds. The minimum absolute atomic E-state index is 0.125. The summed E-state index contributed by atoms with van der Waals surface area (Å²) in [4.78, 5) is 11.4. The van der Waals surface area contributed by atoms with E-state index in [1.54, 1.807) is 10.9 Å². The van der Waals surface area contributed by atoms with Gasteiger partial charge in [0.2, 0.25) is 0 Å². The van der Waals surface area contributed by atoms with Crippen LogP contribution in [-0.2, 0) is 25.8 Å². The molecule has 1 aromatic heterocycles. The predicted octanol–water partition coefficient (Wildman–Crippen LogP) is 4.55. The number of aromatic nitrogens is 1. The number of rotatable bonds is 7. The maximum atomic E-state index is 13.3. The first-order valence-electron chi connectivity index (χ1n) is 10.8. The first kappa shape index (κ1) is 20.0. The number of benzene rings is 1. The summed E-state index contributed by atoms with van der Waals surface area (Å²) in [5, 5.41) is 1.31. The fourth-order valence-corrected chi connectivity index (χ4v) is 5.82. The Balaban J connectivity index is 1.18. The monoisotopic (exact) mass is 401 g/mol. The van der Waals surface area contributed by atoms with Gasteiger partial charge in [-0.15, -0.1) is 11.3 Å². The smallest absolute Gasteiger partial charge is 0.123 e. The van der Waals surface area contributed by atoms with Gasteiger partial charge in [0.25, 0.3) is 0 Å². The molecular weight excluding hydrogens is 369 g/mol. The first-order valence-corrected chi connectivity index (χ1v) is 11.6. The maximum absolute atomic E-state index is 13.3. The summed E-state index contributed by atoms with van der Waals surface area (Å²) in [7, 11) is 2.25. The molecule has 0 atom stereocenters. The molecule has 2 heterocycles. The molecule has 1 aromatic carbocycles. The molecule has 0 spiro atoms. The summed E-state index contributed by atoms with van der Waals surface area (Å²) in [5.74, 6) is 0.658. The van der Waals surface area contributed by atoms with Crippen LogP contribution >= 0.6 is 11.3 Å². The van der Waals surface area contributed by atoms with E-state index in [-0.39, 0.29) is 5.82 Å². The van der Waals surface area contributed by atoms with Crippen molar-refractivity contribution >= 4 is 11.3 Å². The fourth-order valence-electron chi connectivity index (χ4n) is 4.58. The van der Waals surface area contributed by atoms with E-state index in [0.717, 1.165) is 31.0 Å². The van der Waals surface area contributed by atoms with Crippen molar-refractivity contribution in [3.63, 3.8) is 0 Å². The number of nitrogens with zero attached hydrogens (tertiary/aromatic N) is 3. The number of piperidine rings is 1. The highest BCUT2D eigenvalue weighted by Gasteiger charge is 2.21. The number of fused-ring (bicyclic) bond motifs is 1. The molecule has 0 saturated carbocycles. The molecule has 1 aliphatic heterocycles. The number of hydrogen-bond acceptors (Lipinski definition) is 4. The lowest BCUT2D eigenvalue weighted by atomic mass is 9.96. The third-order valence-corrected chi connectivity index (χ3v) is 7.32. The zero-order valence-corrected chi connectivity index (χ0v) is 17.8. The van der Waals surface area contributed by atoms with E-state index in [2.05, 4.69) is 16.8 Å². The molecule has 0 N–H and O–H groups in total. The van der Waals surface area contributed by atoms with Gasteiger partial charge in [0, 0.05) is 18.0 Å². The SMILES string of the molecule is CN(Cc1nc2c(s1)CCCC2)CC1CCN(CCc2cccc(F)c2)CC1. The molecule has 2 aliphatic rings. The standard InChI is InChI=1S/C23H32FN3S/c1-26(17-23-25-21-7-2-3-8-22(21)28-23)16-19-10-13-27(14-11-19)12-9-18-5-4-6-20(24)15-18/h4-6,15,19H,2-3,7-14,16-17H2,1H3. The van der Waals surface area contributed by atoms with Crippen LogP contribution in [0.1, 0.15) is 46.8 Å². The minimum atomic E-state index is -0.125. The quantitative estimate of drug-likeness (QED) is 0.679. The number of halogens is 1. The van der Waals surface area contributed by atoms with Crippen LogP contribution in [0.15, 0.2) is 24.3 Å². The molecule has 152 valence electrons. The van der Waals surface area contributed by atoms with Crippen LogP contribution in [0.2, 0.25) is 0 Å². The fraction of sp³-hybridized carbons (Fsp3) is 0.609. The lowest BCUT2D eigenvalue weighted by Gasteiger charge is -2.33. The van der Waals surface area contributed by atoms with Gasteiger partial charge in [-0.2, -0.15) is 0 Å². The third kappa shape index (κ3) is 5.40. The number of thiazole rings is 1. The summed E-state index contributed by atoms with van der Waals surface area (Å²) >= 11 is 1.94. The highest BCUT2D eigenvalue weighted by Crippen LogP contribution is 2.27. The van der Waals surface area contributed by atoms with Crippen molar-refractivity contribution in [3.05, 3.63) is 51.2 Å². The second kappa shape index (κ2) is 9.47. The average Bonchev–Trinajstić information content (AvgIpc) is 3.09. The van der Waals surface area contributed by atoms with Gasteiger partial charge in [-0.3, -0.25) is 4.90 Å². The van der Waals surface area contributed by atoms with Gasteiger partial charge in [0.1, 0.15) is 10.8 Å². The second-order valence-corrected chi connectivity index (χ2v) is 9.71. The van der Waals surface area contributed by atoms with E-state index in [0.29, 0.717) is 0 Å². The van der Waals surface area contributed by atoms with Gasteiger partial charge in [-0.05, 0) is 88.7 Å². The summed E-state index contributed by atoms with van der Waals surface area (Å²) in [5.41, 5.74) is 2.49. The molecule has 5 heteroatoms. The van der Waals surface area contributed by atoms with Crippen molar-refractivity contribution in [2.24, 2.45) is 5.92 Å². The van der Waals surface area contributed by atoms with Crippen LogP contribution in [0.25, 0.3) is 0 Å². The van der Waals surface area contributed by atoms with Gasteiger partial charge < -0.3 is 4.90 Å². The van der Waals surface area contributed by atoms with E-state index in [9.17, 15) is 4.39 Å². The molecule has 0 unspecified atom stereocenters. The van der Waals surface area contributed by atoms with Crippen LogP contribution in [0, 0.1) is 11.7 Å². The second-order valence-electron chi connectivity index (χ2n) is 8.55. The number of hydrogen-bond donors (Lipinski definition) is 0. The number of likely N-dealkylation sites (tertiary alicyclic amines) is 1. The van der Waals surface area contributed by atoms with Crippen molar-refractivity contribution in [1.29, 1.82) is 0 Å². The van der Waals surface area contributed by atoms with Crippen LogP contribution < -0.4 is 0 Å². The maximum Gasteiger partial charge on any atom is 0.123 e. The average molecular weight is 402 g/mol. The van der Waals surface area contributed by atoms with Crippen LogP contribution in [0.3, 0.4) is 0 Å². The van der Waals surface area contributed by atoms with E-state index in [1.807, 2.05) is 23.5 Å². The normalized spacial score (nSPS) is 18.5. The van der Waals surface area contributed by atoms with E-state index in [4.69, 9.17) is 4.98 Å². The first-order chi connectivity index (χ1) is 13.7. The van der Waals surface area contributed by atoms with E-state index < -0.39 is 0 Å². The molecular formula is C23H32FN3S. The lowest BCUT2D eigenvalue weighted by Crippen LogP contribution is -2.38. The summed E-state index contributed by atoms with van der Waals surface area (Å²) in [6.07, 6.45) is 8.54. The Hall–Kier alpha value is -1.30. The molecule has 1 saturated heterocycles. The highest BCUT2D eigenvalue weighted by molar-refractivity contribution is 7.11. The lowest BCUT2D eigenvalue weighted by molar-refractivity contribution is 0.153. The molecule has 0 bridgehead atoms. The van der Waals surface area contributed by atoms with Crippen LogP contribution in [-0.4, -0.2) is 48.0 Å². The van der Waals surface area contributed by atoms with Crippen LogP contribution in [0.5, 0.6) is 0 Å². The van der Waals surface area contributed by atoms with Gasteiger partial charge >= 0.3 is 0 Å². The van der Waals surface area contributed by atoms with Crippen LogP contribution in [0.4, 0.5) is 4.39 Å². The van der Waals surface area contributed by atoms with Crippen molar-refractivity contribution in [2.45, 2.75) is 51.5 Å². The van der Waals surface area contributed by atoms with Gasteiger partial charge in [0.05, 0.1) is 12.2 Å². The topological polar surface area (TPSA) is 19.4 Å². The zero-order chi connectivity index (χ0) is 19.3. The van der Waals surface area contributed by atoms with E-state index >= 15 is 0 Å². The van der Waals surface area contributed by atoms with Crippen molar-refractivity contribution in [1.82, 2.24) is 14.8 Å². The highest BCUT2D eigenvalue weighted by atomic mass is 32.1. The Bertz CT molecular complexity index is 743.